The number of nitrogens with one attached hydrogen (secondary N) is 1. The lowest BCUT2D eigenvalue weighted by molar-refractivity contribution is -0.139. The number of carbonyl (C=O) groups excluding carboxylic acids is 1. The van der Waals surface area contributed by atoms with Crippen LogP contribution in [-0.2, 0) is 14.3 Å². The summed E-state index contributed by atoms with van der Waals surface area (Å²) in [4.78, 5) is 23.6. The summed E-state index contributed by atoms with van der Waals surface area (Å²) in [5, 5.41) is 11.8. The fraction of sp³-hybridized carbons (Fsp3) is 0.364. The van der Waals surface area contributed by atoms with E-state index in [9.17, 15) is 14.7 Å². The minimum absolute atomic E-state index is 0.0561. The fourth-order valence-electron chi connectivity index (χ4n) is 3.57. The third-order valence-corrected chi connectivity index (χ3v) is 4.92. The zero-order valence-corrected chi connectivity index (χ0v) is 15.9. The van der Waals surface area contributed by atoms with Crippen molar-refractivity contribution >= 4 is 12.1 Å². The largest absolute Gasteiger partial charge is 0.480 e. The fourth-order valence-corrected chi connectivity index (χ4v) is 3.57. The molecule has 1 atom stereocenters. The summed E-state index contributed by atoms with van der Waals surface area (Å²) in [7, 11) is 0. The normalized spacial score (nSPS) is 13.5. The maximum absolute atomic E-state index is 12.2. The topological polar surface area (TPSA) is 84.9 Å². The van der Waals surface area contributed by atoms with E-state index >= 15 is 0 Å². The van der Waals surface area contributed by atoms with Crippen LogP contribution < -0.4 is 5.32 Å². The Morgan fingerprint density at radius 3 is 2.25 bits per heavy atom. The van der Waals surface area contributed by atoms with Gasteiger partial charge in [-0.3, -0.25) is 0 Å². The predicted molar refractivity (Wildman–Crippen MR) is 105 cm³/mol. The molecular weight excluding hydrogens is 358 g/mol. The van der Waals surface area contributed by atoms with Gasteiger partial charge in [0.1, 0.15) is 12.6 Å². The van der Waals surface area contributed by atoms with Crippen LogP contribution >= 0.6 is 0 Å². The van der Waals surface area contributed by atoms with E-state index in [0.717, 1.165) is 22.3 Å². The second-order valence-corrected chi connectivity index (χ2v) is 6.70. The first-order chi connectivity index (χ1) is 13.6. The van der Waals surface area contributed by atoms with Crippen LogP contribution in [0.4, 0.5) is 4.79 Å². The van der Waals surface area contributed by atoms with Crippen molar-refractivity contribution in [2.75, 3.05) is 19.8 Å². The summed E-state index contributed by atoms with van der Waals surface area (Å²) in [5.74, 6) is -1.13. The number of rotatable bonds is 9. The molecule has 1 unspecified atom stereocenters. The molecule has 6 nitrogen and oxygen atoms in total. The van der Waals surface area contributed by atoms with Crippen molar-refractivity contribution in [3.8, 4) is 11.1 Å². The van der Waals surface area contributed by atoms with Gasteiger partial charge in [-0.05, 0) is 42.0 Å². The Bertz CT molecular complexity index is 790. The van der Waals surface area contributed by atoms with Gasteiger partial charge in [0.05, 0.1) is 0 Å². The Morgan fingerprint density at radius 2 is 1.68 bits per heavy atom. The highest BCUT2D eigenvalue weighted by molar-refractivity contribution is 5.81. The molecule has 0 fully saturated rings. The van der Waals surface area contributed by atoms with Gasteiger partial charge in [0.2, 0.25) is 0 Å². The molecule has 0 saturated heterocycles. The van der Waals surface area contributed by atoms with E-state index in [2.05, 4.69) is 17.4 Å². The molecule has 0 spiro atoms. The Kier molecular flexibility index (Phi) is 6.66. The van der Waals surface area contributed by atoms with Crippen molar-refractivity contribution in [1.29, 1.82) is 0 Å². The summed E-state index contributed by atoms with van der Waals surface area (Å²) in [5.41, 5.74) is 4.52. The minimum Gasteiger partial charge on any atom is -0.480 e. The van der Waals surface area contributed by atoms with E-state index in [4.69, 9.17) is 9.47 Å². The molecule has 0 bridgehead atoms. The van der Waals surface area contributed by atoms with Crippen LogP contribution in [0.5, 0.6) is 0 Å². The number of carbonyl (C=O) groups is 2. The first kappa shape index (κ1) is 19.9. The maximum Gasteiger partial charge on any atom is 0.407 e. The Morgan fingerprint density at radius 1 is 1.07 bits per heavy atom. The van der Waals surface area contributed by atoms with Crippen molar-refractivity contribution in [3.05, 3.63) is 59.7 Å². The molecule has 3 rings (SSSR count). The van der Waals surface area contributed by atoms with Gasteiger partial charge in [0, 0.05) is 19.1 Å². The Hall–Kier alpha value is -2.86. The van der Waals surface area contributed by atoms with Crippen molar-refractivity contribution < 1.29 is 24.2 Å². The van der Waals surface area contributed by atoms with Crippen molar-refractivity contribution in [3.63, 3.8) is 0 Å². The van der Waals surface area contributed by atoms with Crippen LogP contribution in [0.25, 0.3) is 11.1 Å². The number of amides is 1. The first-order valence-corrected chi connectivity index (χ1v) is 9.54. The Balaban J connectivity index is 1.60. The molecule has 2 aromatic carbocycles. The molecule has 6 heteroatoms. The second-order valence-electron chi connectivity index (χ2n) is 6.70. The van der Waals surface area contributed by atoms with Gasteiger partial charge in [-0.15, -0.1) is 0 Å². The van der Waals surface area contributed by atoms with Crippen molar-refractivity contribution in [1.82, 2.24) is 5.32 Å². The molecule has 0 aliphatic heterocycles. The molecule has 2 N–H and O–H groups in total. The van der Waals surface area contributed by atoms with E-state index in [0.29, 0.717) is 26.1 Å². The third kappa shape index (κ3) is 4.51. The Labute approximate surface area is 164 Å². The van der Waals surface area contributed by atoms with Crippen LogP contribution in [0, 0.1) is 0 Å². The van der Waals surface area contributed by atoms with E-state index < -0.39 is 18.1 Å². The van der Waals surface area contributed by atoms with Crippen molar-refractivity contribution in [2.24, 2.45) is 0 Å². The maximum atomic E-state index is 12.2. The quantitative estimate of drug-likeness (QED) is 0.644. The SMILES string of the molecule is CCOCCCC(NC(=O)OCC1c2ccccc2-c2ccccc21)C(=O)O. The van der Waals surface area contributed by atoms with Gasteiger partial charge < -0.3 is 19.9 Å². The highest BCUT2D eigenvalue weighted by Crippen LogP contribution is 2.44. The van der Waals surface area contributed by atoms with Crippen molar-refractivity contribution in [2.45, 2.75) is 31.7 Å². The molecule has 0 radical (unpaired) electrons. The van der Waals surface area contributed by atoms with E-state index in [-0.39, 0.29) is 12.5 Å². The average Bonchev–Trinajstić information content (AvgIpc) is 3.02. The van der Waals surface area contributed by atoms with Gasteiger partial charge in [0.25, 0.3) is 0 Å². The van der Waals surface area contributed by atoms with Crippen LogP contribution in [0.1, 0.15) is 36.8 Å². The lowest BCUT2D eigenvalue weighted by atomic mass is 9.98. The monoisotopic (exact) mass is 383 g/mol. The number of ether oxygens (including phenoxy) is 2. The molecular formula is C22H25NO5. The molecule has 1 amide bonds. The molecule has 28 heavy (non-hydrogen) atoms. The molecule has 0 heterocycles. The smallest absolute Gasteiger partial charge is 0.407 e. The van der Waals surface area contributed by atoms with Gasteiger partial charge in [0.15, 0.2) is 0 Å². The first-order valence-electron chi connectivity index (χ1n) is 9.54. The van der Waals surface area contributed by atoms with E-state index in [1.54, 1.807) is 0 Å². The number of benzene rings is 2. The van der Waals surface area contributed by atoms with Crippen LogP contribution in [-0.4, -0.2) is 43.0 Å². The summed E-state index contributed by atoms with van der Waals surface area (Å²) in [6.45, 7) is 3.08. The minimum atomic E-state index is -1.08. The van der Waals surface area contributed by atoms with Gasteiger partial charge >= 0.3 is 12.1 Å². The zero-order chi connectivity index (χ0) is 19.9. The highest BCUT2D eigenvalue weighted by Gasteiger charge is 2.29. The van der Waals surface area contributed by atoms with Gasteiger partial charge in [-0.25, -0.2) is 9.59 Å². The molecule has 0 aromatic heterocycles. The van der Waals surface area contributed by atoms with Crippen LogP contribution in [0.3, 0.4) is 0 Å². The number of carboxylic acids is 1. The predicted octanol–water partition coefficient (Wildman–Crippen LogP) is 3.80. The van der Waals surface area contributed by atoms with E-state index in [1.165, 1.54) is 0 Å². The summed E-state index contributed by atoms with van der Waals surface area (Å²) in [6, 6.07) is 15.1. The summed E-state index contributed by atoms with van der Waals surface area (Å²) >= 11 is 0. The molecule has 1 aliphatic carbocycles. The molecule has 0 saturated carbocycles. The number of fused-ring (bicyclic) bond motifs is 3. The summed E-state index contributed by atoms with van der Waals surface area (Å²) < 4.78 is 10.6. The standard InChI is InChI=1S/C22H25NO5/c1-2-27-13-7-12-20(21(24)25)23-22(26)28-14-19-17-10-5-3-8-15(17)16-9-4-6-11-18(16)19/h3-6,8-11,19-20H,2,7,12-14H2,1H3,(H,23,26)(H,24,25). The number of alkyl carbamates (subject to hydrolysis) is 1. The van der Waals surface area contributed by atoms with Crippen LogP contribution in [0.15, 0.2) is 48.5 Å². The number of aliphatic carboxylic acids is 1. The lowest BCUT2D eigenvalue weighted by Crippen LogP contribution is -2.41. The lowest BCUT2D eigenvalue weighted by Gasteiger charge is -2.17. The number of carboxylic acid groups (broad SMARTS) is 1. The van der Waals surface area contributed by atoms with Gasteiger partial charge in [-0.2, -0.15) is 0 Å². The second kappa shape index (κ2) is 9.37. The summed E-state index contributed by atoms with van der Waals surface area (Å²) in [6.07, 6.45) is 0.124. The van der Waals surface area contributed by atoms with Gasteiger partial charge in [-0.1, -0.05) is 48.5 Å². The average molecular weight is 383 g/mol. The molecule has 1 aliphatic rings. The third-order valence-electron chi connectivity index (χ3n) is 4.92. The zero-order valence-electron chi connectivity index (χ0n) is 15.9. The van der Waals surface area contributed by atoms with E-state index in [1.807, 2.05) is 43.3 Å². The molecule has 148 valence electrons. The van der Waals surface area contributed by atoms with Crippen LogP contribution in [0.2, 0.25) is 0 Å². The number of hydrogen-bond donors (Lipinski definition) is 2. The number of hydrogen-bond acceptors (Lipinski definition) is 4. The molecule has 2 aromatic rings. The highest BCUT2D eigenvalue weighted by atomic mass is 16.5.